The van der Waals surface area contributed by atoms with Crippen LogP contribution in [0.3, 0.4) is 0 Å². The van der Waals surface area contributed by atoms with Gasteiger partial charge in [-0.05, 0) is 42.5 Å². The van der Waals surface area contributed by atoms with E-state index in [1.54, 1.807) is 7.11 Å². The Morgan fingerprint density at radius 2 is 2.12 bits per heavy atom. The zero-order valence-electron chi connectivity index (χ0n) is 14.6. The average Bonchev–Trinajstić information content (AvgIpc) is 3.06. The molecule has 0 radical (unpaired) electrons. The van der Waals surface area contributed by atoms with Crippen LogP contribution in [0, 0.1) is 0 Å². The van der Waals surface area contributed by atoms with Crippen LogP contribution < -0.4 is 4.74 Å². The molecule has 1 aromatic carbocycles. The standard InChI is InChI=1S/C18H25N3O4/c1-23-15-8-6-14(7-9-15)13-24-12-4-2-3-5-16(20-21-19)17-10-11-18(22)25-17/h6-9,16-17H,2-5,10-13H2,1H3/t16-,17+/m1/s1. The molecular formula is C18H25N3O4. The molecule has 1 fully saturated rings. The highest BCUT2D eigenvalue weighted by atomic mass is 16.6. The molecule has 2 atom stereocenters. The van der Waals surface area contributed by atoms with Crippen LogP contribution in [0.1, 0.15) is 44.1 Å². The van der Waals surface area contributed by atoms with Gasteiger partial charge in [0.15, 0.2) is 0 Å². The quantitative estimate of drug-likeness (QED) is 0.197. The van der Waals surface area contributed by atoms with E-state index in [2.05, 4.69) is 10.0 Å². The third-order valence-corrected chi connectivity index (χ3v) is 4.26. The maximum absolute atomic E-state index is 11.2. The fraction of sp³-hybridized carbons (Fsp3) is 0.611. The van der Waals surface area contributed by atoms with Gasteiger partial charge in [-0.1, -0.05) is 30.1 Å². The average molecular weight is 347 g/mol. The fourth-order valence-electron chi connectivity index (χ4n) is 2.85. The van der Waals surface area contributed by atoms with E-state index in [0.717, 1.165) is 37.0 Å². The van der Waals surface area contributed by atoms with E-state index < -0.39 is 0 Å². The molecular weight excluding hydrogens is 322 g/mol. The number of unbranched alkanes of at least 4 members (excludes halogenated alkanes) is 2. The molecule has 1 heterocycles. The summed E-state index contributed by atoms with van der Waals surface area (Å²) in [6, 6.07) is 7.57. The summed E-state index contributed by atoms with van der Waals surface area (Å²) < 4.78 is 16.0. The summed E-state index contributed by atoms with van der Waals surface area (Å²) in [5.74, 6) is 0.640. The Kier molecular flexibility index (Phi) is 8.09. The predicted molar refractivity (Wildman–Crippen MR) is 93.2 cm³/mol. The molecule has 0 aromatic heterocycles. The van der Waals surface area contributed by atoms with Crippen molar-refractivity contribution in [2.75, 3.05) is 13.7 Å². The minimum absolute atomic E-state index is 0.199. The lowest BCUT2D eigenvalue weighted by Crippen LogP contribution is -2.23. The highest BCUT2D eigenvalue weighted by Crippen LogP contribution is 2.23. The zero-order chi connectivity index (χ0) is 17.9. The van der Waals surface area contributed by atoms with Crippen LogP contribution >= 0.6 is 0 Å². The lowest BCUT2D eigenvalue weighted by Gasteiger charge is -2.17. The lowest BCUT2D eigenvalue weighted by atomic mass is 10.0. The molecule has 0 unspecified atom stereocenters. The van der Waals surface area contributed by atoms with E-state index in [1.165, 1.54) is 0 Å². The van der Waals surface area contributed by atoms with Crippen LogP contribution in [-0.2, 0) is 20.9 Å². The first kappa shape index (κ1) is 19.1. The van der Waals surface area contributed by atoms with Crippen molar-refractivity contribution < 1.29 is 19.0 Å². The van der Waals surface area contributed by atoms with Crippen LogP contribution in [0.4, 0.5) is 0 Å². The van der Waals surface area contributed by atoms with E-state index in [9.17, 15) is 4.79 Å². The Bertz CT molecular complexity index is 584. The molecule has 7 heteroatoms. The van der Waals surface area contributed by atoms with Gasteiger partial charge < -0.3 is 14.2 Å². The van der Waals surface area contributed by atoms with Gasteiger partial charge in [-0.2, -0.15) is 0 Å². The fourth-order valence-corrected chi connectivity index (χ4v) is 2.85. The molecule has 1 aliphatic heterocycles. The molecule has 25 heavy (non-hydrogen) atoms. The molecule has 1 saturated heterocycles. The number of ether oxygens (including phenoxy) is 3. The van der Waals surface area contributed by atoms with Crippen molar-refractivity contribution in [2.45, 2.75) is 57.3 Å². The Morgan fingerprint density at radius 3 is 2.76 bits per heavy atom. The monoisotopic (exact) mass is 347 g/mol. The van der Waals surface area contributed by atoms with Gasteiger partial charge in [0, 0.05) is 17.9 Å². The molecule has 0 amide bonds. The molecule has 7 nitrogen and oxygen atoms in total. The molecule has 0 bridgehead atoms. The van der Waals surface area contributed by atoms with Gasteiger partial charge in [0.2, 0.25) is 0 Å². The number of benzene rings is 1. The summed E-state index contributed by atoms with van der Waals surface area (Å²) in [6.45, 7) is 1.28. The van der Waals surface area contributed by atoms with Gasteiger partial charge in [0.05, 0.1) is 19.8 Å². The number of rotatable bonds is 11. The summed E-state index contributed by atoms with van der Waals surface area (Å²) in [6.07, 6.45) is 4.40. The molecule has 2 rings (SSSR count). The van der Waals surface area contributed by atoms with Gasteiger partial charge in [0.25, 0.3) is 0 Å². The minimum Gasteiger partial charge on any atom is -0.497 e. The minimum atomic E-state index is -0.255. The Balaban J connectivity index is 1.57. The molecule has 1 aliphatic rings. The van der Waals surface area contributed by atoms with E-state index in [0.29, 0.717) is 26.1 Å². The van der Waals surface area contributed by atoms with Gasteiger partial charge >= 0.3 is 5.97 Å². The van der Waals surface area contributed by atoms with Crippen LogP contribution in [0.5, 0.6) is 5.75 Å². The summed E-state index contributed by atoms with van der Waals surface area (Å²) in [5, 5.41) is 3.79. The van der Waals surface area contributed by atoms with Crippen molar-refractivity contribution in [3.05, 3.63) is 40.3 Å². The van der Waals surface area contributed by atoms with Gasteiger partial charge in [-0.3, -0.25) is 4.79 Å². The second-order valence-corrected chi connectivity index (χ2v) is 6.09. The Labute approximate surface area is 147 Å². The van der Waals surface area contributed by atoms with E-state index >= 15 is 0 Å². The van der Waals surface area contributed by atoms with Gasteiger partial charge in [0.1, 0.15) is 11.9 Å². The van der Waals surface area contributed by atoms with Crippen LogP contribution in [-0.4, -0.2) is 31.8 Å². The Morgan fingerprint density at radius 1 is 1.32 bits per heavy atom. The number of hydrogen-bond acceptors (Lipinski definition) is 5. The number of carbonyl (C=O) groups is 1. The summed E-state index contributed by atoms with van der Waals surface area (Å²) in [5.41, 5.74) is 9.78. The largest absolute Gasteiger partial charge is 0.497 e. The summed E-state index contributed by atoms with van der Waals surface area (Å²) in [7, 11) is 1.65. The smallest absolute Gasteiger partial charge is 0.306 e. The SMILES string of the molecule is COc1ccc(COCCCCC[C@@H](N=[N+]=[N-])[C@@H]2CCC(=O)O2)cc1. The molecule has 0 saturated carbocycles. The number of esters is 1. The number of methoxy groups -OCH3 is 1. The Hall–Kier alpha value is -2.24. The number of nitrogens with zero attached hydrogens (tertiary/aromatic N) is 3. The predicted octanol–water partition coefficient (Wildman–Crippen LogP) is 4.16. The number of azide groups is 1. The highest BCUT2D eigenvalue weighted by Gasteiger charge is 2.30. The molecule has 0 spiro atoms. The number of cyclic esters (lactones) is 1. The lowest BCUT2D eigenvalue weighted by molar-refractivity contribution is -0.142. The van der Waals surface area contributed by atoms with Crippen molar-refractivity contribution in [3.63, 3.8) is 0 Å². The normalized spacial score (nSPS) is 17.6. The van der Waals surface area contributed by atoms with Crippen molar-refractivity contribution >= 4 is 5.97 Å². The molecule has 0 aliphatic carbocycles. The maximum atomic E-state index is 11.2. The molecule has 136 valence electrons. The van der Waals surface area contributed by atoms with E-state index in [1.807, 2.05) is 24.3 Å². The van der Waals surface area contributed by atoms with Crippen molar-refractivity contribution in [1.82, 2.24) is 0 Å². The van der Waals surface area contributed by atoms with Crippen LogP contribution in [0.15, 0.2) is 29.4 Å². The third kappa shape index (κ3) is 6.64. The highest BCUT2D eigenvalue weighted by molar-refractivity contribution is 5.71. The molecule has 1 aromatic rings. The second kappa shape index (κ2) is 10.6. The second-order valence-electron chi connectivity index (χ2n) is 6.09. The van der Waals surface area contributed by atoms with Crippen molar-refractivity contribution in [1.29, 1.82) is 0 Å². The van der Waals surface area contributed by atoms with Crippen LogP contribution in [0.25, 0.3) is 10.4 Å². The number of hydrogen-bond donors (Lipinski definition) is 0. The topological polar surface area (TPSA) is 93.5 Å². The van der Waals surface area contributed by atoms with Gasteiger partial charge in [-0.25, -0.2) is 0 Å². The molecule has 0 N–H and O–H groups in total. The number of carbonyl (C=O) groups excluding carboxylic acids is 1. The van der Waals surface area contributed by atoms with Crippen LogP contribution in [0.2, 0.25) is 0 Å². The first-order valence-electron chi connectivity index (χ1n) is 8.67. The van der Waals surface area contributed by atoms with E-state index in [4.69, 9.17) is 19.7 Å². The zero-order valence-corrected chi connectivity index (χ0v) is 14.6. The third-order valence-electron chi connectivity index (χ3n) is 4.26. The first-order chi connectivity index (χ1) is 12.2. The van der Waals surface area contributed by atoms with Crippen molar-refractivity contribution in [2.24, 2.45) is 5.11 Å². The maximum Gasteiger partial charge on any atom is 0.306 e. The summed E-state index contributed by atoms with van der Waals surface area (Å²) >= 11 is 0. The first-order valence-corrected chi connectivity index (χ1v) is 8.67. The summed E-state index contributed by atoms with van der Waals surface area (Å²) in [4.78, 5) is 14.1. The van der Waals surface area contributed by atoms with Gasteiger partial charge in [-0.15, -0.1) is 0 Å². The van der Waals surface area contributed by atoms with Crippen molar-refractivity contribution in [3.8, 4) is 5.75 Å². The van der Waals surface area contributed by atoms with E-state index in [-0.39, 0.29) is 18.1 Å².